The second kappa shape index (κ2) is 11.7. The minimum atomic E-state index is -0.137. The van der Waals surface area contributed by atoms with E-state index in [1.165, 1.54) is 0 Å². The van der Waals surface area contributed by atoms with Gasteiger partial charge in [-0.2, -0.15) is 0 Å². The number of nitrogens with zero attached hydrogens (tertiary/aromatic N) is 1. The van der Waals surface area contributed by atoms with Crippen molar-refractivity contribution in [3.05, 3.63) is 96.1 Å². The number of rotatable bonds is 9. The first kappa shape index (κ1) is 23.1. The van der Waals surface area contributed by atoms with Crippen molar-refractivity contribution >= 4 is 23.6 Å². The first-order valence-corrected chi connectivity index (χ1v) is 11.5. The lowest BCUT2D eigenvalue weighted by molar-refractivity contribution is -0.118. The van der Waals surface area contributed by atoms with Crippen molar-refractivity contribution in [3.63, 3.8) is 0 Å². The number of hydrogen-bond donors (Lipinski definition) is 1. The predicted octanol–water partition coefficient (Wildman–Crippen LogP) is 4.71. The van der Waals surface area contributed by atoms with E-state index >= 15 is 0 Å². The van der Waals surface area contributed by atoms with Crippen LogP contribution in [0.1, 0.15) is 28.8 Å². The van der Waals surface area contributed by atoms with Crippen LogP contribution in [0.4, 0.5) is 5.69 Å². The Hall–Kier alpha value is -4.06. The van der Waals surface area contributed by atoms with E-state index in [-0.39, 0.29) is 11.8 Å². The van der Waals surface area contributed by atoms with Crippen molar-refractivity contribution in [3.8, 4) is 11.5 Å². The summed E-state index contributed by atoms with van der Waals surface area (Å²) in [6, 6.07) is 24.6. The topological polar surface area (TPSA) is 67.9 Å². The number of anilines is 1. The molecule has 6 heteroatoms. The SMILES string of the molecule is O=C(NCCCC(=O)N(C/C=C/c1ccccc1)c1ccc2c(c1)OCCO2)c1ccccc1. The lowest BCUT2D eigenvalue weighted by atomic mass is 10.2. The number of fused-ring (bicyclic) bond motifs is 1. The van der Waals surface area contributed by atoms with Crippen molar-refractivity contribution in [2.45, 2.75) is 12.8 Å². The summed E-state index contributed by atoms with van der Waals surface area (Å²) in [4.78, 5) is 27.1. The molecular formula is C28H28N2O4. The zero-order chi connectivity index (χ0) is 23.6. The van der Waals surface area contributed by atoms with E-state index in [1.54, 1.807) is 17.0 Å². The summed E-state index contributed by atoms with van der Waals surface area (Å²) in [6.45, 7) is 1.85. The molecule has 0 spiro atoms. The highest BCUT2D eigenvalue weighted by Gasteiger charge is 2.19. The summed E-state index contributed by atoms with van der Waals surface area (Å²) in [5, 5.41) is 2.88. The van der Waals surface area contributed by atoms with Crippen molar-refractivity contribution < 1.29 is 19.1 Å². The summed E-state index contributed by atoms with van der Waals surface area (Å²) in [5.41, 5.74) is 2.43. The van der Waals surface area contributed by atoms with Gasteiger partial charge in [-0.3, -0.25) is 9.59 Å². The van der Waals surface area contributed by atoms with E-state index in [9.17, 15) is 9.59 Å². The highest BCUT2D eigenvalue weighted by molar-refractivity contribution is 5.95. The molecule has 0 saturated heterocycles. The van der Waals surface area contributed by atoms with E-state index in [0.29, 0.717) is 56.2 Å². The van der Waals surface area contributed by atoms with Gasteiger partial charge in [0.25, 0.3) is 5.91 Å². The number of benzene rings is 3. The molecule has 0 radical (unpaired) electrons. The Bertz CT molecular complexity index is 1130. The van der Waals surface area contributed by atoms with Crippen LogP contribution in [0.25, 0.3) is 6.08 Å². The number of carbonyl (C=O) groups excluding carboxylic acids is 2. The van der Waals surface area contributed by atoms with Crippen LogP contribution in [0.3, 0.4) is 0 Å². The van der Waals surface area contributed by atoms with E-state index in [1.807, 2.05) is 78.9 Å². The lowest BCUT2D eigenvalue weighted by Crippen LogP contribution is -2.32. The lowest BCUT2D eigenvalue weighted by Gasteiger charge is -2.24. The Labute approximate surface area is 199 Å². The zero-order valence-corrected chi connectivity index (χ0v) is 19.0. The molecule has 0 aliphatic carbocycles. The third kappa shape index (κ3) is 6.25. The number of ether oxygens (including phenoxy) is 2. The molecule has 34 heavy (non-hydrogen) atoms. The van der Waals surface area contributed by atoms with Crippen LogP contribution in [0, 0.1) is 0 Å². The molecule has 3 aromatic rings. The van der Waals surface area contributed by atoms with E-state index in [2.05, 4.69) is 5.32 Å². The molecule has 1 aliphatic heterocycles. The standard InChI is InChI=1S/C28H28N2O4/c31-27(14-7-17-29-28(32)23-12-5-2-6-13-23)30(18-8-11-22-9-3-1-4-10-22)24-15-16-25-26(21-24)34-20-19-33-25/h1-6,8-13,15-16,21H,7,14,17-20H2,(H,29,32)/b11-8+. The fraction of sp³-hybridized carbons (Fsp3) is 0.214. The Morgan fingerprint density at radius 3 is 2.35 bits per heavy atom. The summed E-state index contributed by atoms with van der Waals surface area (Å²) < 4.78 is 11.3. The summed E-state index contributed by atoms with van der Waals surface area (Å²) in [6.07, 6.45) is 4.82. The zero-order valence-electron chi connectivity index (χ0n) is 19.0. The number of carbonyl (C=O) groups is 2. The third-order valence-electron chi connectivity index (χ3n) is 5.43. The van der Waals surface area contributed by atoms with Gasteiger partial charge in [0.1, 0.15) is 13.2 Å². The normalized spacial score (nSPS) is 12.4. The molecule has 0 bridgehead atoms. The van der Waals surface area contributed by atoms with Crippen molar-refractivity contribution in [1.82, 2.24) is 5.32 Å². The molecule has 1 heterocycles. The molecular weight excluding hydrogens is 428 g/mol. The minimum Gasteiger partial charge on any atom is -0.486 e. The molecule has 0 aromatic heterocycles. The first-order chi connectivity index (χ1) is 16.7. The largest absolute Gasteiger partial charge is 0.486 e. The fourth-order valence-corrected chi connectivity index (χ4v) is 3.68. The molecule has 0 unspecified atom stereocenters. The first-order valence-electron chi connectivity index (χ1n) is 11.5. The molecule has 1 aliphatic rings. The molecule has 1 N–H and O–H groups in total. The fourth-order valence-electron chi connectivity index (χ4n) is 3.68. The number of nitrogens with one attached hydrogen (secondary N) is 1. The van der Waals surface area contributed by atoms with Gasteiger partial charge in [0, 0.05) is 36.8 Å². The Morgan fingerprint density at radius 1 is 0.882 bits per heavy atom. The van der Waals surface area contributed by atoms with Crippen LogP contribution >= 0.6 is 0 Å². The summed E-state index contributed by atoms with van der Waals surface area (Å²) >= 11 is 0. The summed E-state index contributed by atoms with van der Waals surface area (Å²) in [7, 11) is 0. The molecule has 3 aromatic carbocycles. The van der Waals surface area contributed by atoms with E-state index < -0.39 is 0 Å². The average molecular weight is 457 g/mol. The van der Waals surface area contributed by atoms with Crippen LogP contribution < -0.4 is 19.7 Å². The van der Waals surface area contributed by atoms with Crippen LogP contribution in [-0.4, -0.2) is 38.1 Å². The second-order valence-electron chi connectivity index (χ2n) is 7.87. The highest BCUT2D eigenvalue weighted by atomic mass is 16.6. The molecule has 0 saturated carbocycles. The Balaban J connectivity index is 1.40. The Kier molecular flexibility index (Phi) is 7.95. The van der Waals surface area contributed by atoms with Gasteiger partial charge < -0.3 is 19.7 Å². The van der Waals surface area contributed by atoms with Crippen molar-refractivity contribution in [2.24, 2.45) is 0 Å². The molecule has 174 valence electrons. The van der Waals surface area contributed by atoms with Gasteiger partial charge in [-0.1, -0.05) is 60.7 Å². The third-order valence-corrected chi connectivity index (χ3v) is 5.43. The van der Waals surface area contributed by atoms with Crippen LogP contribution in [0.5, 0.6) is 11.5 Å². The average Bonchev–Trinajstić information content (AvgIpc) is 2.89. The van der Waals surface area contributed by atoms with Gasteiger partial charge in [-0.25, -0.2) is 0 Å². The van der Waals surface area contributed by atoms with Gasteiger partial charge in [-0.15, -0.1) is 0 Å². The van der Waals surface area contributed by atoms with Crippen LogP contribution in [-0.2, 0) is 4.79 Å². The van der Waals surface area contributed by atoms with Gasteiger partial charge in [0.05, 0.1) is 0 Å². The molecule has 0 fully saturated rings. The molecule has 4 rings (SSSR count). The maximum absolute atomic E-state index is 13.2. The highest BCUT2D eigenvalue weighted by Crippen LogP contribution is 2.34. The molecule has 6 nitrogen and oxygen atoms in total. The van der Waals surface area contributed by atoms with Gasteiger partial charge >= 0.3 is 0 Å². The van der Waals surface area contributed by atoms with Crippen LogP contribution in [0.2, 0.25) is 0 Å². The van der Waals surface area contributed by atoms with E-state index in [0.717, 1.165) is 11.3 Å². The minimum absolute atomic E-state index is 0.0247. The van der Waals surface area contributed by atoms with E-state index in [4.69, 9.17) is 9.47 Å². The van der Waals surface area contributed by atoms with Gasteiger partial charge in [-0.05, 0) is 36.2 Å². The monoisotopic (exact) mass is 456 g/mol. The molecule has 2 amide bonds. The maximum atomic E-state index is 13.2. The predicted molar refractivity (Wildman–Crippen MR) is 133 cm³/mol. The van der Waals surface area contributed by atoms with Crippen molar-refractivity contribution in [2.75, 3.05) is 31.2 Å². The second-order valence-corrected chi connectivity index (χ2v) is 7.87. The quantitative estimate of drug-likeness (QED) is 0.474. The van der Waals surface area contributed by atoms with Crippen LogP contribution in [0.15, 0.2) is 84.9 Å². The Morgan fingerprint density at radius 2 is 1.59 bits per heavy atom. The van der Waals surface area contributed by atoms with Gasteiger partial charge in [0.15, 0.2) is 11.5 Å². The maximum Gasteiger partial charge on any atom is 0.251 e. The summed E-state index contributed by atoms with van der Waals surface area (Å²) in [5.74, 6) is 1.17. The van der Waals surface area contributed by atoms with Gasteiger partial charge in [0.2, 0.25) is 5.91 Å². The smallest absolute Gasteiger partial charge is 0.251 e. The molecule has 0 atom stereocenters. The number of amides is 2. The number of hydrogen-bond acceptors (Lipinski definition) is 4. The van der Waals surface area contributed by atoms with Crippen molar-refractivity contribution in [1.29, 1.82) is 0 Å².